The van der Waals surface area contributed by atoms with Crippen molar-refractivity contribution in [1.29, 1.82) is 0 Å². The number of fused-ring (bicyclic) bond motifs is 1. The smallest absolute Gasteiger partial charge is 0.315 e. The molecule has 0 aromatic rings. The number of hydrogen-bond donors (Lipinski definition) is 3. The van der Waals surface area contributed by atoms with E-state index >= 15 is 0 Å². The van der Waals surface area contributed by atoms with Crippen LogP contribution in [0.4, 0.5) is 4.79 Å². The molecule has 0 bridgehead atoms. The van der Waals surface area contributed by atoms with Gasteiger partial charge in [0.15, 0.2) is 0 Å². The zero-order valence-corrected chi connectivity index (χ0v) is 9.05. The summed E-state index contributed by atoms with van der Waals surface area (Å²) in [6.45, 7) is 0. The lowest BCUT2D eigenvalue weighted by atomic mass is 10.0. The number of amides is 2. The summed E-state index contributed by atoms with van der Waals surface area (Å²) in [7, 11) is 0. The Morgan fingerprint density at radius 3 is 3.07 bits per heavy atom. The molecular formula is C9H14N2O3S. The lowest BCUT2D eigenvalue weighted by molar-refractivity contribution is -0.137. The molecule has 0 spiro atoms. The third kappa shape index (κ3) is 2.37. The van der Waals surface area contributed by atoms with Gasteiger partial charge in [0.2, 0.25) is 0 Å². The highest BCUT2D eigenvalue weighted by atomic mass is 32.2. The van der Waals surface area contributed by atoms with Gasteiger partial charge in [-0.25, -0.2) is 4.79 Å². The van der Waals surface area contributed by atoms with Crippen molar-refractivity contribution < 1.29 is 14.7 Å². The normalized spacial score (nSPS) is 33.3. The molecule has 6 heteroatoms. The molecule has 2 amide bonds. The van der Waals surface area contributed by atoms with Gasteiger partial charge in [0.1, 0.15) is 0 Å². The number of carbonyl (C=O) groups is 2. The summed E-state index contributed by atoms with van der Waals surface area (Å²) in [6, 6.07) is 0.335. The van der Waals surface area contributed by atoms with Crippen molar-refractivity contribution in [2.75, 3.05) is 5.75 Å². The van der Waals surface area contributed by atoms with Crippen LogP contribution in [0.1, 0.15) is 19.3 Å². The summed E-state index contributed by atoms with van der Waals surface area (Å²) >= 11 is 1.82. The number of urea groups is 1. The Morgan fingerprint density at radius 2 is 2.33 bits per heavy atom. The van der Waals surface area contributed by atoms with Gasteiger partial charge < -0.3 is 15.7 Å². The number of carboxylic acid groups (broad SMARTS) is 1. The van der Waals surface area contributed by atoms with Gasteiger partial charge in [0.25, 0.3) is 0 Å². The molecule has 2 fully saturated rings. The first-order chi connectivity index (χ1) is 7.16. The number of nitrogens with one attached hydrogen (secondary N) is 2. The first kappa shape index (κ1) is 10.6. The minimum absolute atomic E-state index is 0.0893. The quantitative estimate of drug-likeness (QED) is 0.611. The number of rotatable bonds is 4. The van der Waals surface area contributed by atoms with E-state index < -0.39 is 5.97 Å². The fourth-order valence-corrected chi connectivity index (χ4v) is 3.64. The van der Waals surface area contributed by atoms with Gasteiger partial charge in [-0.2, -0.15) is 11.8 Å². The molecule has 0 unspecified atom stereocenters. The van der Waals surface area contributed by atoms with Crippen LogP contribution in [-0.4, -0.2) is 40.2 Å². The van der Waals surface area contributed by atoms with Crippen LogP contribution < -0.4 is 10.6 Å². The topological polar surface area (TPSA) is 78.4 Å². The summed E-state index contributed by atoms with van der Waals surface area (Å²) in [5.74, 6) is 0.185. The third-order valence-corrected chi connectivity index (χ3v) is 4.33. The molecule has 2 heterocycles. The fourth-order valence-electron chi connectivity index (χ4n) is 2.10. The van der Waals surface area contributed by atoms with Gasteiger partial charge in [-0.1, -0.05) is 0 Å². The van der Waals surface area contributed by atoms with Gasteiger partial charge in [-0.15, -0.1) is 0 Å². The largest absolute Gasteiger partial charge is 0.481 e. The van der Waals surface area contributed by atoms with Crippen molar-refractivity contribution in [2.24, 2.45) is 0 Å². The predicted molar refractivity (Wildman–Crippen MR) is 57.0 cm³/mol. The number of carboxylic acids is 1. The summed E-state index contributed by atoms with van der Waals surface area (Å²) in [5, 5.41) is 14.6. The minimum atomic E-state index is -0.747. The Morgan fingerprint density at radius 1 is 1.53 bits per heavy atom. The van der Waals surface area contributed by atoms with Crippen molar-refractivity contribution in [3.8, 4) is 0 Å². The van der Waals surface area contributed by atoms with Gasteiger partial charge in [0, 0.05) is 17.4 Å². The average molecular weight is 230 g/mol. The molecule has 0 aliphatic carbocycles. The average Bonchev–Trinajstić information content (AvgIpc) is 2.65. The van der Waals surface area contributed by atoms with Gasteiger partial charge in [0.05, 0.1) is 12.1 Å². The van der Waals surface area contributed by atoms with Gasteiger partial charge in [-0.3, -0.25) is 4.79 Å². The summed E-state index contributed by atoms with van der Waals surface area (Å²) in [5.41, 5.74) is 0. The fraction of sp³-hybridized carbons (Fsp3) is 0.778. The Kier molecular flexibility index (Phi) is 3.04. The van der Waals surface area contributed by atoms with Crippen molar-refractivity contribution in [3.63, 3.8) is 0 Å². The van der Waals surface area contributed by atoms with E-state index in [0.29, 0.717) is 11.7 Å². The molecular weight excluding hydrogens is 216 g/mol. The molecule has 3 N–H and O–H groups in total. The third-order valence-electron chi connectivity index (χ3n) is 2.82. The van der Waals surface area contributed by atoms with E-state index in [1.165, 1.54) is 0 Å². The molecule has 2 aliphatic heterocycles. The molecule has 0 radical (unpaired) electrons. The van der Waals surface area contributed by atoms with Crippen LogP contribution in [0.5, 0.6) is 0 Å². The molecule has 0 aromatic carbocycles. The number of carbonyl (C=O) groups excluding carboxylic acids is 1. The van der Waals surface area contributed by atoms with E-state index in [2.05, 4.69) is 10.6 Å². The predicted octanol–water partition coefficient (Wildman–Crippen LogP) is 0.407. The zero-order chi connectivity index (χ0) is 10.8. The molecule has 2 rings (SSSR count). The molecule has 5 nitrogen and oxygen atoms in total. The molecule has 0 saturated carbocycles. The van der Waals surface area contributed by atoms with E-state index in [4.69, 9.17) is 5.11 Å². The van der Waals surface area contributed by atoms with Gasteiger partial charge in [-0.05, 0) is 12.8 Å². The maximum Gasteiger partial charge on any atom is 0.315 e. The van der Waals surface area contributed by atoms with Crippen LogP contribution in [0.15, 0.2) is 0 Å². The van der Waals surface area contributed by atoms with Crippen molar-refractivity contribution >= 4 is 23.8 Å². The lowest BCUT2D eigenvalue weighted by Gasteiger charge is -2.15. The lowest BCUT2D eigenvalue weighted by Crippen LogP contribution is -2.36. The maximum atomic E-state index is 11.1. The molecule has 3 atom stereocenters. The molecule has 84 valence electrons. The molecule has 15 heavy (non-hydrogen) atoms. The van der Waals surface area contributed by atoms with Crippen LogP contribution in [0.3, 0.4) is 0 Å². The number of thioether (sulfide) groups is 1. The Bertz CT molecular complexity index is 285. The molecule has 0 aromatic heterocycles. The van der Waals surface area contributed by atoms with E-state index in [1.54, 1.807) is 0 Å². The molecule has 2 aliphatic rings. The van der Waals surface area contributed by atoms with E-state index in [-0.39, 0.29) is 24.5 Å². The van der Waals surface area contributed by atoms with Crippen LogP contribution in [0.2, 0.25) is 0 Å². The summed E-state index contributed by atoms with van der Waals surface area (Å²) in [6.07, 6.45) is 1.77. The van der Waals surface area contributed by atoms with Gasteiger partial charge >= 0.3 is 12.0 Å². The van der Waals surface area contributed by atoms with E-state index in [1.807, 2.05) is 11.8 Å². The second kappa shape index (κ2) is 4.30. The minimum Gasteiger partial charge on any atom is -0.481 e. The SMILES string of the molecule is O=C(O)CCC[C@@H]1SC[C@@H]2NC(=O)N[C@@H]21. The van der Waals surface area contributed by atoms with Crippen LogP contribution >= 0.6 is 11.8 Å². The van der Waals surface area contributed by atoms with Crippen molar-refractivity contribution in [1.82, 2.24) is 10.6 Å². The van der Waals surface area contributed by atoms with Crippen molar-refractivity contribution in [3.05, 3.63) is 0 Å². The highest BCUT2D eigenvalue weighted by molar-refractivity contribution is 8.00. The highest BCUT2D eigenvalue weighted by Gasteiger charge is 2.42. The number of hydrogen-bond acceptors (Lipinski definition) is 3. The second-order valence-electron chi connectivity index (χ2n) is 3.91. The van der Waals surface area contributed by atoms with Crippen molar-refractivity contribution in [2.45, 2.75) is 36.6 Å². The second-order valence-corrected chi connectivity index (χ2v) is 5.18. The van der Waals surface area contributed by atoms with Crippen LogP contribution in [0, 0.1) is 0 Å². The maximum absolute atomic E-state index is 11.1. The van der Waals surface area contributed by atoms with E-state index in [0.717, 1.165) is 12.2 Å². The molecule has 2 saturated heterocycles. The van der Waals surface area contributed by atoms with Crippen LogP contribution in [-0.2, 0) is 4.79 Å². The van der Waals surface area contributed by atoms with E-state index in [9.17, 15) is 9.59 Å². The Labute approximate surface area is 92.0 Å². The Balaban J connectivity index is 1.79. The Hall–Kier alpha value is -0.910. The monoisotopic (exact) mass is 230 g/mol. The van der Waals surface area contributed by atoms with Crippen LogP contribution in [0.25, 0.3) is 0 Å². The first-order valence-corrected chi connectivity index (χ1v) is 6.12. The summed E-state index contributed by atoms with van der Waals surface area (Å²) < 4.78 is 0. The summed E-state index contributed by atoms with van der Waals surface area (Å²) in [4.78, 5) is 21.4. The highest BCUT2D eigenvalue weighted by Crippen LogP contribution is 2.32. The zero-order valence-electron chi connectivity index (χ0n) is 8.23. The number of aliphatic carboxylic acids is 1. The first-order valence-electron chi connectivity index (χ1n) is 5.07. The standard InChI is InChI=1S/C9H14N2O3S/c12-7(13)3-1-2-6-8-5(4-15-6)10-9(14)11-8/h5-6,8H,1-4H2,(H,12,13)(H2,10,11,14)/t5-,6-,8-/m0/s1.